The second kappa shape index (κ2) is 6.49. The monoisotopic (exact) mass is 440 g/mol. The van der Waals surface area contributed by atoms with E-state index in [1.54, 1.807) is 42.5 Å². The highest BCUT2D eigenvalue weighted by atomic mass is 16.6. The Morgan fingerprint density at radius 3 is 2.15 bits per heavy atom. The Kier molecular flexibility index (Phi) is 3.77. The van der Waals surface area contributed by atoms with Gasteiger partial charge in [0.2, 0.25) is 23.1 Å². The molecular formula is C26H16O7. The average Bonchev–Trinajstić information content (AvgIpc) is 3.14. The standard InChI is InChI=1S/C26H16O7/c27-19-18-24(22(30)21(29)20(19)28)32-23-14(13-7-2-1-3-8-13)10-6-12-17(23)26(18)16-11-5-4-9-15(16)25(31)33-26/h1-12,18,28-30H. The number of rotatable bonds is 1. The summed E-state index contributed by atoms with van der Waals surface area (Å²) >= 11 is 0. The first-order valence-corrected chi connectivity index (χ1v) is 10.2. The number of carbonyl (C=O) groups is 2. The maximum absolute atomic E-state index is 13.3. The fraction of sp³-hybridized carbons (Fsp3) is 0.0769. The Morgan fingerprint density at radius 1 is 0.697 bits per heavy atom. The molecule has 162 valence electrons. The molecule has 0 saturated carbocycles. The van der Waals surface area contributed by atoms with Crippen LogP contribution in [-0.4, -0.2) is 27.1 Å². The number of hydrogen-bond donors (Lipinski definition) is 3. The quantitative estimate of drug-likeness (QED) is 0.479. The zero-order valence-corrected chi connectivity index (χ0v) is 17.0. The Balaban J connectivity index is 1.74. The fourth-order valence-electron chi connectivity index (χ4n) is 4.92. The van der Waals surface area contributed by atoms with Gasteiger partial charge in [0.05, 0.1) is 5.56 Å². The second-order valence-corrected chi connectivity index (χ2v) is 8.03. The zero-order chi connectivity index (χ0) is 22.9. The Morgan fingerprint density at radius 2 is 1.36 bits per heavy atom. The van der Waals surface area contributed by atoms with Crippen LogP contribution >= 0.6 is 0 Å². The largest absolute Gasteiger partial charge is 0.502 e. The lowest BCUT2D eigenvalue weighted by molar-refractivity contribution is -0.130. The number of Topliss-reactive ketones (excluding diaryl/α,β-unsaturated/α-hetero) is 1. The normalized spacial score (nSPS) is 23.1. The van der Waals surface area contributed by atoms with Crippen molar-refractivity contribution in [1.29, 1.82) is 0 Å². The molecule has 0 fully saturated rings. The second-order valence-electron chi connectivity index (χ2n) is 8.03. The summed E-state index contributed by atoms with van der Waals surface area (Å²) in [7, 11) is 0. The van der Waals surface area contributed by atoms with Crippen LogP contribution in [0.15, 0.2) is 95.8 Å². The maximum Gasteiger partial charge on any atom is 0.339 e. The van der Waals surface area contributed by atoms with Crippen molar-refractivity contribution in [1.82, 2.24) is 0 Å². The molecule has 2 aliphatic heterocycles. The minimum atomic E-state index is -1.71. The van der Waals surface area contributed by atoms with Crippen LogP contribution in [0.1, 0.15) is 21.5 Å². The molecule has 3 aliphatic rings. The van der Waals surface area contributed by atoms with Crippen molar-refractivity contribution >= 4 is 11.8 Å². The Hall–Kier alpha value is -4.52. The summed E-state index contributed by atoms with van der Waals surface area (Å²) in [6.45, 7) is 0. The number of ketones is 1. The lowest BCUT2D eigenvalue weighted by Crippen LogP contribution is -2.49. The van der Waals surface area contributed by atoms with Crippen molar-refractivity contribution in [3.05, 3.63) is 113 Å². The molecule has 3 N–H and O–H groups in total. The van der Waals surface area contributed by atoms with Gasteiger partial charge in [-0.2, -0.15) is 0 Å². The highest BCUT2D eigenvalue weighted by molar-refractivity contribution is 6.04. The van der Waals surface area contributed by atoms with Crippen molar-refractivity contribution in [2.45, 2.75) is 5.60 Å². The van der Waals surface area contributed by atoms with E-state index < -0.39 is 40.5 Å². The van der Waals surface area contributed by atoms with Crippen LogP contribution in [0, 0.1) is 5.92 Å². The van der Waals surface area contributed by atoms with Crippen molar-refractivity contribution in [2.24, 2.45) is 5.92 Å². The molecule has 7 nitrogen and oxygen atoms in total. The fourth-order valence-corrected chi connectivity index (χ4v) is 4.92. The summed E-state index contributed by atoms with van der Waals surface area (Å²) in [4.78, 5) is 26.2. The van der Waals surface area contributed by atoms with E-state index in [2.05, 4.69) is 0 Å². The summed E-state index contributed by atoms with van der Waals surface area (Å²) in [6, 6.07) is 21.2. The third-order valence-corrected chi connectivity index (χ3v) is 6.36. The first-order chi connectivity index (χ1) is 15.9. The maximum atomic E-state index is 13.3. The molecule has 2 unspecified atom stereocenters. The molecule has 1 spiro atoms. The molecule has 2 heterocycles. The van der Waals surface area contributed by atoms with E-state index in [-0.39, 0.29) is 17.1 Å². The Labute approximate surface area is 187 Å². The zero-order valence-electron chi connectivity index (χ0n) is 17.0. The average molecular weight is 440 g/mol. The van der Waals surface area contributed by atoms with E-state index in [9.17, 15) is 24.9 Å². The predicted molar refractivity (Wildman–Crippen MR) is 116 cm³/mol. The highest BCUT2D eigenvalue weighted by Gasteiger charge is 2.63. The number of hydrogen-bond acceptors (Lipinski definition) is 7. The number of fused-ring (bicyclic) bond motifs is 6. The highest BCUT2D eigenvalue weighted by Crippen LogP contribution is 2.59. The number of carbonyl (C=O) groups excluding carboxylic acids is 2. The lowest BCUT2D eigenvalue weighted by Gasteiger charge is -2.43. The first kappa shape index (κ1) is 19.2. The van der Waals surface area contributed by atoms with Crippen molar-refractivity contribution in [2.75, 3.05) is 0 Å². The smallest absolute Gasteiger partial charge is 0.339 e. The Bertz CT molecular complexity index is 1430. The summed E-state index contributed by atoms with van der Waals surface area (Å²) in [5, 5.41) is 31.2. The topological polar surface area (TPSA) is 113 Å². The molecule has 0 aromatic heterocycles. The van der Waals surface area contributed by atoms with Gasteiger partial charge in [0.25, 0.3) is 0 Å². The predicted octanol–water partition coefficient (Wildman–Crippen LogP) is 4.46. The van der Waals surface area contributed by atoms with E-state index in [1.165, 1.54) is 0 Å². The summed E-state index contributed by atoms with van der Waals surface area (Å²) < 4.78 is 12.0. The molecule has 0 radical (unpaired) electrons. The van der Waals surface area contributed by atoms with Gasteiger partial charge in [0.15, 0.2) is 11.4 Å². The van der Waals surface area contributed by atoms with Gasteiger partial charge in [0.1, 0.15) is 11.7 Å². The summed E-state index contributed by atoms with van der Waals surface area (Å²) in [5.74, 6) is -5.82. The van der Waals surface area contributed by atoms with Gasteiger partial charge in [-0.25, -0.2) is 4.79 Å². The SMILES string of the molecule is O=C1OC2(c3ccccc31)c1cccc(-c3ccccc3)c1OC1=C(O)C(O)=C(O)C(=O)C12. The van der Waals surface area contributed by atoms with Crippen LogP contribution in [0.4, 0.5) is 0 Å². The van der Waals surface area contributed by atoms with E-state index in [0.717, 1.165) is 5.56 Å². The van der Waals surface area contributed by atoms with Crippen molar-refractivity contribution in [3.63, 3.8) is 0 Å². The van der Waals surface area contributed by atoms with Crippen LogP contribution in [0.25, 0.3) is 11.1 Å². The molecule has 33 heavy (non-hydrogen) atoms. The molecule has 6 rings (SSSR count). The summed E-state index contributed by atoms with van der Waals surface area (Å²) in [5.41, 5.74) is 0.790. The molecular weight excluding hydrogens is 424 g/mol. The minimum absolute atomic E-state index is 0.264. The number of aliphatic hydroxyl groups excluding tert-OH is 3. The van der Waals surface area contributed by atoms with Gasteiger partial charge in [-0.1, -0.05) is 66.7 Å². The van der Waals surface area contributed by atoms with Crippen LogP contribution in [0.3, 0.4) is 0 Å². The van der Waals surface area contributed by atoms with E-state index >= 15 is 0 Å². The third kappa shape index (κ3) is 2.33. The minimum Gasteiger partial charge on any atom is -0.502 e. The number of allylic oxidation sites excluding steroid dienone is 1. The van der Waals surface area contributed by atoms with Crippen LogP contribution < -0.4 is 4.74 Å². The third-order valence-electron chi connectivity index (χ3n) is 6.36. The number of benzene rings is 3. The van der Waals surface area contributed by atoms with Crippen LogP contribution in [0.2, 0.25) is 0 Å². The molecule has 3 aromatic carbocycles. The number of aliphatic hydroxyl groups is 3. The van der Waals surface area contributed by atoms with Gasteiger partial charge in [-0.15, -0.1) is 0 Å². The molecule has 0 amide bonds. The van der Waals surface area contributed by atoms with E-state index in [1.807, 2.05) is 30.3 Å². The van der Waals surface area contributed by atoms with E-state index in [4.69, 9.17) is 9.47 Å². The van der Waals surface area contributed by atoms with Gasteiger partial charge < -0.3 is 24.8 Å². The molecule has 2 atom stereocenters. The molecule has 1 aliphatic carbocycles. The van der Waals surface area contributed by atoms with Gasteiger partial charge in [-0.05, 0) is 11.6 Å². The first-order valence-electron chi connectivity index (χ1n) is 10.2. The lowest BCUT2D eigenvalue weighted by atomic mass is 9.69. The van der Waals surface area contributed by atoms with Crippen LogP contribution in [0.5, 0.6) is 5.75 Å². The molecule has 0 saturated heterocycles. The molecule has 0 bridgehead atoms. The summed E-state index contributed by atoms with van der Waals surface area (Å²) in [6.07, 6.45) is 0. The number of esters is 1. The van der Waals surface area contributed by atoms with Gasteiger partial charge >= 0.3 is 5.97 Å². The van der Waals surface area contributed by atoms with Crippen LogP contribution in [-0.2, 0) is 15.1 Å². The molecule has 3 aromatic rings. The number of para-hydroxylation sites is 1. The van der Waals surface area contributed by atoms with Gasteiger partial charge in [-0.3, -0.25) is 4.79 Å². The van der Waals surface area contributed by atoms with Crippen molar-refractivity contribution in [3.8, 4) is 16.9 Å². The van der Waals surface area contributed by atoms with Gasteiger partial charge in [0, 0.05) is 16.7 Å². The van der Waals surface area contributed by atoms with Crippen molar-refractivity contribution < 1.29 is 34.4 Å². The number of ether oxygens (including phenoxy) is 2. The molecule has 7 heteroatoms. The van der Waals surface area contributed by atoms with E-state index in [0.29, 0.717) is 16.7 Å².